The van der Waals surface area contributed by atoms with E-state index in [1.807, 2.05) is 6.07 Å². The Bertz CT molecular complexity index is 704. The van der Waals surface area contributed by atoms with Crippen LogP contribution in [0.5, 0.6) is 0 Å². The van der Waals surface area contributed by atoms with Crippen LogP contribution >= 0.6 is 38.9 Å². The van der Waals surface area contributed by atoms with Gasteiger partial charge in [-0.15, -0.1) is 11.3 Å². The number of fused-ring (bicyclic) bond motifs is 1. The SMILES string of the molecule is O=[N+]([O-])c1ccc(NC2CCCc3sc(Cl)cc32)c(Br)c1. The van der Waals surface area contributed by atoms with Crippen LogP contribution in [0.25, 0.3) is 0 Å². The largest absolute Gasteiger partial charge is 0.377 e. The molecule has 0 bridgehead atoms. The van der Waals surface area contributed by atoms with Crippen LogP contribution in [0, 0.1) is 10.1 Å². The molecule has 0 fully saturated rings. The van der Waals surface area contributed by atoms with Crippen molar-refractivity contribution >= 4 is 50.2 Å². The van der Waals surface area contributed by atoms with Crippen molar-refractivity contribution in [3.8, 4) is 0 Å². The van der Waals surface area contributed by atoms with Gasteiger partial charge in [-0.25, -0.2) is 0 Å². The second-order valence-electron chi connectivity index (χ2n) is 4.94. The molecule has 1 atom stereocenters. The van der Waals surface area contributed by atoms with Gasteiger partial charge in [0.15, 0.2) is 0 Å². The van der Waals surface area contributed by atoms with Gasteiger partial charge in [0.1, 0.15) is 0 Å². The monoisotopic (exact) mass is 386 g/mol. The quantitative estimate of drug-likeness (QED) is 0.554. The number of nitro groups is 1. The third kappa shape index (κ3) is 3.07. The van der Waals surface area contributed by atoms with Gasteiger partial charge in [-0.3, -0.25) is 10.1 Å². The molecule has 1 aliphatic carbocycles. The second kappa shape index (κ2) is 5.94. The highest BCUT2D eigenvalue weighted by atomic mass is 79.9. The van der Waals surface area contributed by atoms with Crippen LogP contribution in [0.4, 0.5) is 11.4 Å². The van der Waals surface area contributed by atoms with E-state index in [2.05, 4.69) is 21.2 Å². The molecule has 4 nitrogen and oxygen atoms in total. The van der Waals surface area contributed by atoms with Crippen LogP contribution in [0.1, 0.15) is 29.3 Å². The van der Waals surface area contributed by atoms with Gasteiger partial charge in [0.05, 0.1) is 15.3 Å². The summed E-state index contributed by atoms with van der Waals surface area (Å²) >= 11 is 11.1. The Morgan fingerprint density at radius 2 is 2.24 bits per heavy atom. The summed E-state index contributed by atoms with van der Waals surface area (Å²) in [6.07, 6.45) is 3.22. The highest BCUT2D eigenvalue weighted by Gasteiger charge is 2.23. The van der Waals surface area contributed by atoms with Crippen LogP contribution in [-0.4, -0.2) is 4.92 Å². The average molecular weight is 388 g/mol. The molecule has 1 aromatic heterocycles. The Hall–Kier alpha value is -1.11. The summed E-state index contributed by atoms with van der Waals surface area (Å²) in [6.45, 7) is 0. The van der Waals surface area contributed by atoms with Crippen LogP contribution in [-0.2, 0) is 6.42 Å². The maximum Gasteiger partial charge on any atom is 0.270 e. The number of benzene rings is 1. The summed E-state index contributed by atoms with van der Waals surface area (Å²) < 4.78 is 1.52. The van der Waals surface area contributed by atoms with E-state index >= 15 is 0 Å². The summed E-state index contributed by atoms with van der Waals surface area (Å²) in [5, 5.41) is 14.2. The normalized spacial score (nSPS) is 17.3. The van der Waals surface area contributed by atoms with Crippen molar-refractivity contribution in [3.05, 3.63) is 53.6 Å². The molecule has 0 aliphatic heterocycles. The molecule has 0 saturated carbocycles. The van der Waals surface area contributed by atoms with Crippen molar-refractivity contribution in [3.63, 3.8) is 0 Å². The number of nitrogens with zero attached hydrogens (tertiary/aromatic N) is 1. The van der Waals surface area contributed by atoms with Gasteiger partial charge in [0.2, 0.25) is 0 Å². The summed E-state index contributed by atoms with van der Waals surface area (Å²) in [7, 11) is 0. The Labute approximate surface area is 139 Å². The van der Waals surface area contributed by atoms with Gasteiger partial charge >= 0.3 is 0 Å². The van der Waals surface area contributed by atoms with Crippen LogP contribution < -0.4 is 5.32 Å². The van der Waals surface area contributed by atoms with Crippen molar-refractivity contribution in [2.45, 2.75) is 25.3 Å². The number of nitrogens with one attached hydrogen (secondary N) is 1. The predicted molar refractivity (Wildman–Crippen MR) is 89.4 cm³/mol. The van der Waals surface area contributed by atoms with E-state index in [1.54, 1.807) is 17.4 Å². The minimum Gasteiger partial charge on any atom is -0.377 e. The molecule has 1 heterocycles. The number of hydrogen-bond acceptors (Lipinski definition) is 4. The number of thiophene rings is 1. The van der Waals surface area contributed by atoms with Crippen molar-refractivity contribution < 1.29 is 4.92 Å². The van der Waals surface area contributed by atoms with E-state index in [0.29, 0.717) is 4.47 Å². The number of aryl methyl sites for hydroxylation is 1. The Morgan fingerprint density at radius 1 is 1.43 bits per heavy atom. The fraction of sp³-hybridized carbons (Fsp3) is 0.286. The molecule has 1 unspecified atom stereocenters. The summed E-state index contributed by atoms with van der Waals surface area (Å²) in [5.74, 6) is 0. The fourth-order valence-corrected chi connectivity index (χ4v) is 4.46. The lowest BCUT2D eigenvalue weighted by molar-refractivity contribution is -0.384. The topological polar surface area (TPSA) is 55.2 Å². The number of rotatable bonds is 3. The van der Waals surface area contributed by atoms with Crippen molar-refractivity contribution in [1.29, 1.82) is 0 Å². The lowest BCUT2D eigenvalue weighted by Gasteiger charge is -2.25. The van der Waals surface area contributed by atoms with Crippen molar-refractivity contribution in [2.24, 2.45) is 0 Å². The summed E-state index contributed by atoms with van der Waals surface area (Å²) in [6, 6.07) is 7.00. The lowest BCUT2D eigenvalue weighted by atomic mass is 9.94. The zero-order chi connectivity index (χ0) is 15.0. The zero-order valence-electron chi connectivity index (χ0n) is 10.9. The number of hydrogen-bond donors (Lipinski definition) is 1. The van der Waals surface area contributed by atoms with E-state index < -0.39 is 4.92 Å². The van der Waals surface area contributed by atoms with E-state index in [9.17, 15) is 10.1 Å². The van der Waals surface area contributed by atoms with Gasteiger partial charge < -0.3 is 5.32 Å². The van der Waals surface area contributed by atoms with Crippen LogP contribution in [0.2, 0.25) is 4.34 Å². The molecule has 1 N–H and O–H groups in total. The molecule has 21 heavy (non-hydrogen) atoms. The van der Waals surface area contributed by atoms with Gasteiger partial charge in [-0.1, -0.05) is 11.6 Å². The van der Waals surface area contributed by atoms with Gasteiger partial charge in [-0.2, -0.15) is 0 Å². The molecular weight excluding hydrogens is 376 g/mol. The molecule has 0 spiro atoms. The number of nitro benzene ring substituents is 1. The molecule has 0 radical (unpaired) electrons. The Morgan fingerprint density at radius 3 is 2.95 bits per heavy atom. The molecule has 0 amide bonds. The van der Waals surface area contributed by atoms with Crippen LogP contribution in [0.15, 0.2) is 28.7 Å². The molecule has 2 aromatic rings. The minimum absolute atomic E-state index is 0.0790. The highest BCUT2D eigenvalue weighted by Crippen LogP contribution is 2.40. The standard InChI is InChI=1S/C14H12BrClN2O2S/c15-10-6-8(18(19)20)4-5-12(10)17-11-2-1-3-13-9(11)7-14(16)21-13/h4-7,11,17H,1-3H2. The lowest BCUT2D eigenvalue weighted by Crippen LogP contribution is -2.15. The predicted octanol–water partition coefficient (Wildman–Crippen LogP) is 5.56. The highest BCUT2D eigenvalue weighted by molar-refractivity contribution is 9.10. The van der Waals surface area contributed by atoms with E-state index in [1.165, 1.54) is 22.6 Å². The zero-order valence-corrected chi connectivity index (χ0v) is 14.1. The summed E-state index contributed by atoms with van der Waals surface area (Å²) in [5.41, 5.74) is 2.19. The Balaban J connectivity index is 1.86. The van der Waals surface area contributed by atoms with Gasteiger partial charge in [-0.05, 0) is 52.9 Å². The second-order valence-corrected chi connectivity index (χ2v) is 7.56. The average Bonchev–Trinajstić information content (AvgIpc) is 2.82. The molecular formula is C14H12BrClN2O2S. The van der Waals surface area contributed by atoms with Crippen LogP contribution in [0.3, 0.4) is 0 Å². The summed E-state index contributed by atoms with van der Waals surface area (Å²) in [4.78, 5) is 11.7. The smallest absolute Gasteiger partial charge is 0.270 e. The number of halogens is 2. The molecule has 1 aromatic carbocycles. The molecule has 3 rings (SSSR count). The third-order valence-electron chi connectivity index (χ3n) is 3.58. The van der Waals surface area contributed by atoms with E-state index in [-0.39, 0.29) is 11.7 Å². The maximum absolute atomic E-state index is 10.8. The third-order valence-corrected chi connectivity index (χ3v) is 5.57. The Kier molecular flexibility index (Phi) is 4.19. The first-order chi connectivity index (χ1) is 10.0. The molecule has 0 saturated heterocycles. The first-order valence-electron chi connectivity index (χ1n) is 6.53. The first-order valence-corrected chi connectivity index (χ1v) is 8.52. The maximum atomic E-state index is 10.8. The van der Waals surface area contributed by atoms with E-state index in [4.69, 9.17) is 11.6 Å². The number of anilines is 1. The van der Waals surface area contributed by atoms with Gasteiger partial charge in [0.25, 0.3) is 5.69 Å². The fourth-order valence-electron chi connectivity index (χ4n) is 2.59. The van der Waals surface area contributed by atoms with Crippen molar-refractivity contribution in [1.82, 2.24) is 0 Å². The molecule has 7 heteroatoms. The van der Waals surface area contributed by atoms with Gasteiger partial charge in [0, 0.05) is 27.2 Å². The minimum atomic E-state index is -0.397. The van der Waals surface area contributed by atoms with E-state index in [0.717, 1.165) is 29.3 Å². The first kappa shape index (κ1) is 14.8. The molecule has 1 aliphatic rings. The molecule has 110 valence electrons. The van der Waals surface area contributed by atoms with Crippen molar-refractivity contribution in [2.75, 3.05) is 5.32 Å². The number of non-ortho nitro benzene ring substituents is 1.